The summed E-state index contributed by atoms with van der Waals surface area (Å²) in [5, 5.41) is 13.0. The lowest BCUT2D eigenvalue weighted by molar-refractivity contribution is -0.0804. The van der Waals surface area contributed by atoms with Crippen LogP contribution in [0.1, 0.15) is 50.3 Å². The second-order valence-corrected chi connectivity index (χ2v) is 13.1. The van der Waals surface area contributed by atoms with Crippen molar-refractivity contribution in [2.75, 3.05) is 25.5 Å². The second kappa shape index (κ2) is 11.3. The van der Waals surface area contributed by atoms with Gasteiger partial charge < -0.3 is 14.2 Å². The van der Waals surface area contributed by atoms with Crippen LogP contribution in [0.15, 0.2) is 12.4 Å². The van der Waals surface area contributed by atoms with Crippen LogP contribution in [-0.2, 0) is 22.7 Å². The molecule has 2 aliphatic rings. The van der Waals surface area contributed by atoms with Gasteiger partial charge in [0.15, 0.2) is 11.6 Å². The number of hydrogen-bond acceptors (Lipinski definition) is 10. The molecule has 15 heteroatoms. The van der Waals surface area contributed by atoms with E-state index in [-0.39, 0.29) is 82.1 Å². The zero-order chi connectivity index (χ0) is 32.3. The SMILES string of the molecule is CN1CC(F)(F)CC[C@H]1COc1ncc2c3c(c(-c4ncc(F)c5sc(NC(=O)OC(C)(C)C)c(C#N)c45)c(F)c2n1)COC3. The standard InChI is InChI=1S/C30H28F4N6O4S/c1-29(2,3)44-28(41)39-26-15(7-35)21-24(36-9-19(31)25(21)45-26)20-18-12-42-11-17(18)16-8-37-27(38-23(16)22(20)32)43-10-14-5-6-30(33,34)13-40(14)4/h8-9,14H,5-6,10-13H2,1-4H3,(H,39,41)/t14-/m0/s1. The first-order valence-electron chi connectivity index (χ1n) is 14.1. The van der Waals surface area contributed by atoms with Crippen LogP contribution >= 0.6 is 11.3 Å². The average Bonchev–Trinajstić information content (AvgIpc) is 3.58. The molecule has 45 heavy (non-hydrogen) atoms. The van der Waals surface area contributed by atoms with Gasteiger partial charge in [-0.1, -0.05) is 0 Å². The highest BCUT2D eigenvalue weighted by atomic mass is 32.1. The Labute approximate surface area is 258 Å². The Balaban J connectivity index is 1.43. The minimum absolute atomic E-state index is 0.0105. The number of fused-ring (bicyclic) bond motifs is 4. The normalized spacial score (nSPS) is 18.2. The molecule has 1 amide bonds. The molecule has 1 atom stereocenters. The maximum atomic E-state index is 16.6. The molecule has 1 saturated heterocycles. The molecule has 236 valence electrons. The Morgan fingerprint density at radius 3 is 2.71 bits per heavy atom. The van der Waals surface area contributed by atoms with Gasteiger partial charge in [-0.25, -0.2) is 27.3 Å². The molecule has 0 unspecified atom stereocenters. The monoisotopic (exact) mass is 644 g/mol. The van der Waals surface area contributed by atoms with E-state index in [2.05, 4.69) is 20.3 Å². The number of nitrogens with one attached hydrogen (secondary N) is 1. The highest BCUT2D eigenvalue weighted by molar-refractivity contribution is 7.23. The first-order valence-corrected chi connectivity index (χ1v) is 14.9. The molecule has 0 bridgehead atoms. The van der Waals surface area contributed by atoms with Gasteiger partial charge in [0.1, 0.15) is 28.8 Å². The quantitative estimate of drug-likeness (QED) is 0.241. The van der Waals surface area contributed by atoms with Crippen LogP contribution in [-0.4, -0.2) is 63.7 Å². The third-order valence-corrected chi connectivity index (χ3v) is 8.78. The van der Waals surface area contributed by atoms with Crippen molar-refractivity contribution in [2.24, 2.45) is 0 Å². The number of ether oxygens (including phenoxy) is 3. The zero-order valence-electron chi connectivity index (χ0n) is 24.8. The number of likely N-dealkylation sites (tertiary alicyclic amines) is 1. The number of nitrogens with zero attached hydrogens (tertiary/aromatic N) is 5. The predicted octanol–water partition coefficient (Wildman–Crippen LogP) is 6.54. The van der Waals surface area contributed by atoms with E-state index >= 15 is 8.78 Å². The number of nitriles is 1. The number of amides is 1. The van der Waals surface area contributed by atoms with Crippen LogP contribution in [0.2, 0.25) is 0 Å². The van der Waals surface area contributed by atoms with E-state index in [1.54, 1.807) is 27.8 Å². The number of thiophene rings is 1. The Morgan fingerprint density at radius 2 is 2.00 bits per heavy atom. The van der Waals surface area contributed by atoms with Gasteiger partial charge in [0.2, 0.25) is 0 Å². The van der Waals surface area contributed by atoms with Crippen molar-refractivity contribution in [2.45, 2.75) is 64.4 Å². The topological polar surface area (TPSA) is 122 Å². The second-order valence-electron chi connectivity index (χ2n) is 12.0. The van der Waals surface area contributed by atoms with Gasteiger partial charge in [0, 0.05) is 35.0 Å². The summed E-state index contributed by atoms with van der Waals surface area (Å²) in [4.78, 5) is 26.8. The molecule has 0 radical (unpaired) electrons. The fourth-order valence-electron chi connectivity index (χ4n) is 5.62. The fraction of sp³-hybridized carbons (Fsp3) is 0.433. The lowest BCUT2D eigenvalue weighted by atomic mass is 9.94. The van der Waals surface area contributed by atoms with E-state index in [0.29, 0.717) is 16.5 Å². The summed E-state index contributed by atoms with van der Waals surface area (Å²) in [7, 11) is 1.59. The number of anilines is 1. The number of carbonyl (C=O) groups is 1. The van der Waals surface area contributed by atoms with Gasteiger partial charge in [0.25, 0.3) is 5.92 Å². The summed E-state index contributed by atoms with van der Waals surface area (Å²) >= 11 is 0.804. The number of piperidine rings is 1. The molecule has 0 aliphatic carbocycles. The predicted molar refractivity (Wildman–Crippen MR) is 157 cm³/mol. The summed E-state index contributed by atoms with van der Waals surface area (Å²) in [6.45, 7) is 4.78. The average molecular weight is 645 g/mol. The van der Waals surface area contributed by atoms with Crippen LogP contribution in [0.5, 0.6) is 6.01 Å². The molecule has 5 heterocycles. The molecule has 1 fully saturated rings. The number of aromatic nitrogens is 3. The van der Waals surface area contributed by atoms with Crippen molar-refractivity contribution < 1.29 is 36.6 Å². The number of carbonyl (C=O) groups excluding carboxylic acids is 1. The highest BCUT2D eigenvalue weighted by Crippen LogP contribution is 2.46. The first kappa shape index (κ1) is 30.9. The summed E-state index contributed by atoms with van der Waals surface area (Å²) < 4.78 is 75.9. The Morgan fingerprint density at radius 1 is 1.24 bits per heavy atom. The molecular weight excluding hydrogens is 616 g/mol. The minimum Gasteiger partial charge on any atom is -0.462 e. The minimum atomic E-state index is -2.77. The van der Waals surface area contributed by atoms with Crippen LogP contribution < -0.4 is 10.1 Å². The number of hydrogen-bond donors (Lipinski definition) is 1. The van der Waals surface area contributed by atoms with Crippen LogP contribution in [0.25, 0.3) is 32.2 Å². The molecule has 10 nitrogen and oxygen atoms in total. The van der Waals surface area contributed by atoms with Gasteiger partial charge in [-0.3, -0.25) is 15.2 Å². The maximum Gasteiger partial charge on any atom is 0.412 e. The van der Waals surface area contributed by atoms with E-state index in [1.165, 1.54) is 11.1 Å². The Kier molecular flexibility index (Phi) is 7.78. The summed E-state index contributed by atoms with van der Waals surface area (Å²) in [5.41, 5.74) is -0.0557. The first-order chi connectivity index (χ1) is 21.3. The summed E-state index contributed by atoms with van der Waals surface area (Å²) in [5.74, 6) is -4.34. The van der Waals surface area contributed by atoms with Crippen molar-refractivity contribution in [3.63, 3.8) is 0 Å². The number of pyridine rings is 1. The molecule has 0 saturated carbocycles. The van der Waals surface area contributed by atoms with Crippen LogP contribution in [0.4, 0.5) is 27.4 Å². The summed E-state index contributed by atoms with van der Waals surface area (Å²) in [6, 6.07) is 1.55. The van der Waals surface area contributed by atoms with Crippen LogP contribution in [0, 0.1) is 23.0 Å². The van der Waals surface area contributed by atoms with E-state index in [9.17, 15) is 18.8 Å². The van der Waals surface area contributed by atoms with Crippen molar-refractivity contribution in [3.05, 3.63) is 40.7 Å². The number of rotatable bonds is 5. The van der Waals surface area contributed by atoms with Crippen LogP contribution in [0.3, 0.4) is 0 Å². The van der Waals surface area contributed by atoms with E-state index in [4.69, 9.17) is 14.2 Å². The van der Waals surface area contributed by atoms with Gasteiger partial charge in [0.05, 0.1) is 41.9 Å². The third-order valence-electron chi connectivity index (χ3n) is 7.66. The fourth-order valence-corrected chi connectivity index (χ4v) is 6.66. The molecule has 6 rings (SSSR count). The Bertz CT molecular complexity index is 1890. The van der Waals surface area contributed by atoms with E-state index < -0.39 is 35.8 Å². The van der Waals surface area contributed by atoms with Gasteiger partial charge in [-0.05, 0) is 45.4 Å². The van der Waals surface area contributed by atoms with Gasteiger partial charge in [-0.2, -0.15) is 10.2 Å². The summed E-state index contributed by atoms with van der Waals surface area (Å²) in [6.07, 6.45) is 1.44. The van der Waals surface area contributed by atoms with Crippen molar-refractivity contribution in [1.29, 1.82) is 5.26 Å². The van der Waals surface area contributed by atoms with Crippen molar-refractivity contribution in [3.8, 4) is 23.3 Å². The molecule has 3 aromatic heterocycles. The number of halogens is 4. The molecular formula is C30H28F4N6O4S. The zero-order valence-corrected chi connectivity index (χ0v) is 25.6. The van der Waals surface area contributed by atoms with Crippen molar-refractivity contribution in [1.82, 2.24) is 19.9 Å². The van der Waals surface area contributed by atoms with Gasteiger partial charge in [-0.15, -0.1) is 11.3 Å². The number of likely N-dealkylation sites (N-methyl/N-ethyl adjacent to an activating group) is 1. The number of alkyl halides is 2. The molecule has 1 N–H and O–H groups in total. The third kappa shape index (κ3) is 5.85. The molecule has 2 aliphatic heterocycles. The van der Waals surface area contributed by atoms with E-state index in [1.807, 2.05) is 6.07 Å². The molecule has 0 spiro atoms. The number of benzene rings is 1. The largest absolute Gasteiger partial charge is 0.462 e. The smallest absolute Gasteiger partial charge is 0.412 e. The van der Waals surface area contributed by atoms with E-state index in [0.717, 1.165) is 17.5 Å². The molecule has 4 aromatic rings. The lowest BCUT2D eigenvalue weighted by Crippen LogP contribution is -2.48. The lowest BCUT2D eigenvalue weighted by Gasteiger charge is -2.36. The highest BCUT2D eigenvalue weighted by Gasteiger charge is 2.38. The molecule has 1 aromatic carbocycles. The maximum absolute atomic E-state index is 16.6. The van der Waals surface area contributed by atoms with Gasteiger partial charge >= 0.3 is 12.1 Å². The Hall–Kier alpha value is -4.13. The van der Waals surface area contributed by atoms with Crippen molar-refractivity contribution >= 4 is 43.4 Å².